The summed E-state index contributed by atoms with van der Waals surface area (Å²) in [5.74, 6) is 0.0688. The maximum Gasteiger partial charge on any atom is 0.227 e. The molecule has 3 nitrogen and oxygen atoms in total. The number of nitrogens with two attached hydrogens (primary N) is 1. The molecule has 2 N–H and O–H groups in total. The van der Waals surface area contributed by atoms with E-state index < -0.39 is 0 Å². The predicted octanol–water partition coefficient (Wildman–Crippen LogP) is 2.73. The van der Waals surface area contributed by atoms with E-state index in [1.807, 2.05) is 19.2 Å². The number of rotatable bonds is 6. The number of thiophene rings is 1. The van der Waals surface area contributed by atoms with Crippen molar-refractivity contribution >= 4 is 28.8 Å². The third-order valence-corrected chi connectivity index (χ3v) is 3.88. The maximum atomic E-state index is 12.1. The summed E-state index contributed by atoms with van der Waals surface area (Å²) in [5, 5.41) is 0. The van der Waals surface area contributed by atoms with Gasteiger partial charge < -0.3 is 10.6 Å². The van der Waals surface area contributed by atoms with Crippen LogP contribution in [0.3, 0.4) is 0 Å². The highest BCUT2D eigenvalue weighted by atomic mass is 35.5. The van der Waals surface area contributed by atoms with E-state index in [1.54, 1.807) is 4.90 Å². The third-order valence-electron chi connectivity index (χ3n) is 2.67. The van der Waals surface area contributed by atoms with E-state index in [0.717, 1.165) is 22.1 Å². The number of carbonyl (C=O) groups excluding carboxylic acids is 1. The Bertz CT molecular complexity index is 367. The van der Waals surface area contributed by atoms with Crippen LogP contribution in [0.1, 0.15) is 24.6 Å². The molecule has 1 heterocycles. The number of hydrogen-bond acceptors (Lipinski definition) is 3. The van der Waals surface area contributed by atoms with E-state index in [1.165, 1.54) is 11.3 Å². The molecular formula is C12H19ClN2OS. The molecule has 0 aromatic carbocycles. The van der Waals surface area contributed by atoms with Gasteiger partial charge in [-0.25, -0.2) is 0 Å². The lowest BCUT2D eigenvalue weighted by atomic mass is 10.0. The summed E-state index contributed by atoms with van der Waals surface area (Å²) in [6.45, 7) is 3.09. The summed E-state index contributed by atoms with van der Waals surface area (Å²) in [5.41, 5.74) is 5.63. The average molecular weight is 275 g/mol. The van der Waals surface area contributed by atoms with E-state index in [0.29, 0.717) is 13.1 Å². The van der Waals surface area contributed by atoms with Crippen LogP contribution < -0.4 is 5.73 Å². The zero-order valence-corrected chi connectivity index (χ0v) is 11.9. The fourth-order valence-electron chi connectivity index (χ4n) is 1.75. The van der Waals surface area contributed by atoms with Crippen LogP contribution in [0.5, 0.6) is 0 Å². The topological polar surface area (TPSA) is 46.3 Å². The highest BCUT2D eigenvalue weighted by Gasteiger charge is 2.20. The molecule has 17 heavy (non-hydrogen) atoms. The molecule has 0 saturated carbocycles. The van der Waals surface area contributed by atoms with Crippen molar-refractivity contribution in [3.63, 3.8) is 0 Å². The van der Waals surface area contributed by atoms with Crippen molar-refractivity contribution in [2.45, 2.75) is 26.3 Å². The third kappa shape index (κ3) is 4.30. The monoisotopic (exact) mass is 274 g/mol. The minimum absolute atomic E-state index is 0.0552. The lowest BCUT2D eigenvalue weighted by Crippen LogP contribution is -2.36. The molecule has 0 spiro atoms. The van der Waals surface area contributed by atoms with Crippen molar-refractivity contribution in [1.29, 1.82) is 0 Å². The fraction of sp³-hybridized carbons (Fsp3) is 0.583. The van der Waals surface area contributed by atoms with Crippen molar-refractivity contribution in [3.05, 3.63) is 21.3 Å². The summed E-state index contributed by atoms with van der Waals surface area (Å²) < 4.78 is 0.754. The summed E-state index contributed by atoms with van der Waals surface area (Å²) >= 11 is 7.36. The van der Waals surface area contributed by atoms with E-state index in [2.05, 4.69) is 6.92 Å². The Balaban J connectivity index is 2.56. The largest absolute Gasteiger partial charge is 0.340 e. The van der Waals surface area contributed by atoms with Crippen LogP contribution in [-0.2, 0) is 11.3 Å². The average Bonchev–Trinajstić information content (AvgIpc) is 2.70. The molecule has 1 unspecified atom stereocenters. The maximum absolute atomic E-state index is 12.1. The van der Waals surface area contributed by atoms with Gasteiger partial charge in [-0.05, 0) is 18.6 Å². The Kier molecular flexibility index (Phi) is 5.95. The summed E-state index contributed by atoms with van der Waals surface area (Å²) in [7, 11) is 1.81. The van der Waals surface area contributed by atoms with Crippen LogP contribution in [0.2, 0.25) is 4.34 Å². The van der Waals surface area contributed by atoms with Crippen LogP contribution in [-0.4, -0.2) is 24.4 Å². The first kappa shape index (κ1) is 14.5. The molecule has 0 fully saturated rings. The minimum Gasteiger partial charge on any atom is -0.340 e. The van der Waals surface area contributed by atoms with Crippen LogP contribution in [0.25, 0.3) is 0 Å². The summed E-state index contributed by atoms with van der Waals surface area (Å²) in [6.07, 6.45) is 1.83. The van der Waals surface area contributed by atoms with Gasteiger partial charge in [-0.2, -0.15) is 0 Å². The van der Waals surface area contributed by atoms with Gasteiger partial charge in [-0.1, -0.05) is 24.9 Å². The van der Waals surface area contributed by atoms with Gasteiger partial charge >= 0.3 is 0 Å². The standard InChI is InChI=1S/C12H19ClN2OS/c1-3-4-9(7-14)12(16)15(2)8-10-5-6-11(13)17-10/h5-6,9H,3-4,7-8,14H2,1-2H3. The molecule has 1 amide bonds. The molecule has 1 rings (SSSR count). The Labute approximate surface area is 112 Å². The SMILES string of the molecule is CCCC(CN)C(=O)N(C)Cc1ccc(Cl)s1. The molecule has 1 aromatic heterocycles. The molecule has 1 aromatic rings. The predicted molar refractivity (Wildman–Crippen MR) is 73.3 cm³/mol. The lowest BCUT2D eigenvalue weighted by molar-refractivity contribution is -0.134. The van der Waals surface area contributed by atoms with Gasteiger partial charge in [0.15, 0.2) is 0 Å². The van der Waals surface area contributed by atoms with Crippen molar-refractivity contribution in [1.82, 2.24) is 4.90 Å². The zero-order valence-electron chi connectivity index (χ0n) is 10.3. The molecule has 0 aliphatic heterocycles. The van der Waals surface area contributed by atoms with Gasteiger partial charge in [0, 0.05) is 18.5 Å². The molecule has 5 heteroatoms. The second-order valence-corrected chi connectivity index (χ2v) is 5.92. The Morgan fingerprint density at radius 3 is 2.76 bits per heavy atom. The van der Waals surface area contributed by atoms with E-state index in [4.69, 9.17) is 17.3 Å². The number of amides is 1. The molecule has 0 bridgehead atoms. The Hall–Kier alpha value is -0.580. The van der Waals surface area contributed by atoms with Gasteiger partial charge in [0.2, 0.25) is 5.91 Å². The zero-order chi connectivity index (χ0) is 12.8. The van der Waals surface area contributed by atoms with Crippen molar-refractivity contribution in [2.24, 2.45) is 11.7 Å². The van der Waals surface area contributed by atoms with E-state index in [-0.39, 0.29) is 11.8 Å². The fourth-order valence-corrected chi connectivity index (χ4v) is 2.89. The summed E-state index contributed by atoms with van der Waals surface area (Å²) in [6, 6.07) is 3.81. The second kappa shape index (κ2) is 6.99. The number of halogens is 1. The van der Waals surface area contributed by atoms with E-state index in [9.17, 15) is 4.79 Å². The number of nitrogens with zero attached hydrogens (tertiary/aromatic N) is 1. The molecule has 1 atom stereocenters. The van der Waals surface area contributed by atoms with Crippen LogP contribution in [0.4, 0.5) is 0 Å². The summed E-state index contributed by atoms with van der Waals surface area (Å²) in [4.78, 5) is 14.9. The van der Waals surface area contributed by atoms with Gasteiger partial charge in [0.1, 0.15) is 0 Å². The van der Waals surface area contributed by atoms with E-state index >= 15 is 0 Å². The molecule has 0 saturated heterocycles. The highest BCUT2D eigenvalue weighted by Crippen LogP contribution is 2.23. The molecule has 0 aliphatic carbocycles. The van der Waals surface area contributed by atoms with Gasteiger partial charge in [0.05, 0.1) is 16.8 Å². The van der Waals surface area contributed by atoms with Gasteiger partial charge in [-0.15, -0.1) is 11.3 Å². The minimum atomic E-state index is -0.0552. The first-order valence-corrected chi connectivity index (χ1v) is 6.97. The van der Waals surface area contributed by atoms with Crippen LogP contribution in [0.15, 0.2) is 12.1 Å². The highest BCUT2D eigenvalue weighted by molar-refractivity contribution is 7.16. The Morgan fingerprint density at radius 2 is 2.29 bits per heavy atom. The van der Waals surface area contributed by atoms with Gasteiger partial charge in [0.25, 0.3) is 0 Å². The van der Waals surface area contributed by atoms with Crippen LogP contribution in [0, 0.1) is 5.92 Å². The van der Waals surface area contributed by atoms with Crippen molar-refractivity contribution < 1.29 is 4.79 Å². The van der Waals surface area contributed by atoms with Crippen molar-refractivity contribution in [2.75, 3.05) is 13.6 Å². The second-order valence-electron chi connectivity index (χ2n) is 4.12. The van der Waals surface area contributed by atoms with Gasteiger partial charge in [-0.3, -0.25) is 4.79 Å². The normalized spacial score (nSPS) is 12.5. The van der Waals surface area contributed by atoms with Crippen LogP contribution >= 0.6 is 22.9 Å². The molecular weight excluding hydrogens is 256 g/mol. The molecule has 0 radical (unpaired) electrons. The smallest absolute Gasteiger partial charge is 0.227 e. The molecule has 96 valence electrons. The number of hydrogen-bond donors (Lipinski definition) is 1. The first-order chi connectivity index (χ1) is 8.08. The quantitative estimate of drug-likeness (QED) is 0.867. The molecule has 0 aliphatic rings. The first-order valence-electron chi connectivity index (χ1n) is 5.77. The lowest BCUT2D eigenvalue weighted by Gasteiger charge is -2.22. The van der Waals surface area contributed by atoms with Crippen molar-refractivity contribution in [3.8, 4) is 0 Å². The Morgan fingerprint density at radius 1 is 1.59 bits per heavy atom. The number of carbonyl (C=O) groups is 1.